The number of fused-ring (bicyclic) bond motifs is 5. The lowest BCUT2D eigenvalue weighted by Crippen LogP contribution is -2.70. The molecule has 12 unspecified atom stereocenters. The summed E-state index contributed by atoms with van der Waals surface area (Å²) in [6.07, 6.45) is -5.63. The van der Waals surface area contributed by atoms with Gasteiger partial charge in [0.2, 0.25) is 0 Å². The Hall–Kier alpha value is -0.820. The maximum Gasteiger partial charge on any atom is 0.187 e. The Morgan fingerprint density at radius 1 is 0.736 bits per heavy atom. The van der Waals surface area contributed by atoms with Crippen LogP contribution < -0.4 is 0 Å². The molecule has 0 spiro atoms. The van der Waals surface area contributed by atoms with E-state index < -0.39 is 96.5 Å². The van der Waals surface area contributed by atoms with Crippen molar-refractivity contribution >= 4 is 0 Å². The van der Waals surface area contributed by atoms with Gasteiger partial charge in [0.1, 0.15) is 36.6 Å². The Balaban J connectivity index is 1.08. The molecular formula is C39H66O14. The quantitative estimate of drug-likeness (QED) is 0.135. The predicted molar refractivity (Wildman–Crippen MR) is 189 cm³/mol. The second kappa shape index (κ2) is 15.8. The van der Waals surface area contributed by atoms with Crippen molar-refractivity contribution in [2.45, 2.75) is 152 Å². The highest BCUT2D eigenvalue weighted by Crippen LogP contribution is 2.69. The lowest BCUT2D eigenvalue weighted by atomic mass is 9.41. The normalized spacial score (nSPS) is 53.4. The molecule has 6 fully saturated rings. The summed E-state index contributed by atoms with van der Waals surface area (Å²) in [6.45, 7) is 10.3. The van der Waals surface area contributed by atoms with E-state index in [2.05, 4.69) is 32.9 Å². The second-order valence-electron chi connectivity index (χ2n) is 18.1. The summed E-state index contributed by atoms with van der Waals surface area (Å²) in [5.74, 6) is -0.945. The fourth-order valence-electron chi connectivity index (χ4n) is 11.9. The number of hydrogen-bond donors (Lipinski definition) is 9. The molecule has 2 aliphatic heterocycles. The minimum Gasteiger partial charge on any atom is -0.393 e. The van der Waals surface area contributed by atoms with Crippen LogP contribution in [-0.2, 0) is 23.7 Å². The third-order valence-electron chi connectivity index (χ3n) is 15.0. The Bertz CT molecular complexity index is 1270. The van der Waals surface area contributed by atoms with Crippen molar-refractivity contribution in [3.05, 3.63) is 12.2 Å². The van der Waals surface area contributed by atoms with Crippen LogP contribution in [0.3, 0.4) is 0 Å². The van der Waals surface area contributed by atoms with Crippen LogP contribution >= 0.6 is 0 Å². The molecule has 4 aliphatic carbocycles. The number of ether oxygens (including phenoxy) is 5. The van der Waals surface area contributed by atoms with Crippen molar-refractivity contribution in [3.8, 4) is 0 Å². The van der Waals surface area contributed by atoms with E-state index in [1.165, 1.54) is 7.11 Å². The van der Waals surface area contributed by atoms with Gasteiger partial charge in [-0.2, -0.15) is 0 Å². The molecule has 53 heavy (non-hydrogen) atoms. The molecule has 0 radical (unpaired) electrons. The summed E-state index contributed by atoms with van der Waals surface area (Å²) < 4.78 is 28.7. The molecule has 0 aromatic heterocycles. The van der Waals surface area contributed by atoms with E-state index in [9.17, 15) is 46.0 Å². The Kier molecular flexibility index (Phi) is 12.5. The van der Waals surface area contributed by atoms with Crippen LogP contribution in [0.5, 0.6) is 0 Å². The molecule has 2 saturated heterocycles. The smallest absolute Gasteiger partial charge is 0.187 e. The number of hydrogen-bond acceptors (Lipinski definition) is 14. The van der Waals surface area contributed by atoms with Crippen LogP contribution in [-0.4, -0.2) is 152 Å². The van der Waals surface area contributed by atoms with Crippen LogP contribution in [0.25, 0.3) is 0 Å². The molecule has 4 saturated carbocycles. The van der Waals surface area contributed by atoms with E-state index in [-0.39, 0.29) is 61.2 Å². The van der Waals surface area contributed by atoms with Crippen molar-refractivity contribution < 1.29 is 69.6 Å². The van der Waals surface area contributed by atoms with Gasteiger partial charge in [0, 0.05) is 25.4 Å². The predicted octanol–water partition coefficient (Wildman–Crippen LogP) is 0.0710. The van der Waals surface area contributed by atoms with Gasteiger partial charge in [-0.1, -0.05) is 46.8 Å². The fraction of sp³-hybridized carbons (Fsp3) is 0.949. The monoisotopic (exact) mass is 758 g/mol. The summed E-state index contributed by atoms with van der Waals surface area (Å²) in [5, 5.41) is 98.5. The molecule has 0 aromatic carbocycles. The zero-order valence-electron chi connectivity index (χ0n) is 32.1. The Morgan fingerprint density at radius 3 is 2.02 bits per heavy atom. The maximum absolute atomic E-state index is 12.6. The van der Waals surface area contributed by atoms with E-state index in [0.29, 0.717) is 19.3 Å². The summed E-state index contributed by atoms with van der Waals surface area (Å²) in [7, 11) is 1.34. The van der Waals surface area contributed by atoms with E-state index in [1.807, 2.05) is 13.8 Å². The zero-order chi connectivity index (χ0) is 38.8. The molecule has 2 heterocycles. The van der Waals surface area contributed by atoms with Crippen molar-refractivity contribution in [3.63, 3.8) is 0 Å². The SMILES string of the molecule is COC1C(OC2C(OC[C@@H](C)[C@H](C)/C=C/C(C)[C@H]3C[C@@H](O)C4[C@]5(O)C[C@H](O)C6[C@@H](O)[C@@H](O)CC[C@]6(C)C5CC[C@@]43C)OCC(O)C2O)OCC(O)C1O. The molecule has 14 heteroatoms. The van der Waals surface area contributed by atoms with Crippen LogP contribution in [0, 0.1) is 52.3 Å². The first-order chi connectivity index (χ1) is 24.9. The molecule has 6 aliphatic rings. The average Bonchev–Trinajstić information content (AvgIpc) is 3.39. The fourth-order valence-corrected chi connectivity index (χ4v) is 11.9. The minimum atomic E-state index is -1.37. The number of methoxy groups -OCH3 is 1. The van der Waals surface area contributed by atoms with Gasteiger partial charge >= 0.3 is 0 Å². The standard InChI is InChI=1S/C39H66O14/c1-18(20(3)15-50-35-33(31(47)26(44)16-51-35)53-36-32(49-6)30(46)25(43)17-52-36)7-8-19(2)21-13-23(41)34-37(21,4)12-10-27-38(5)11-9-22(40)29(45)28(38)24(42)14-39(27,34)48/h7-8,18-36,40-48H,9-17H2,1-6H3/b8-7+/t18-,19?,20-,21-,22+,23-,24+,25?,26?,27?,28?,29+,30?,31?,32?,33?,34?,35?,36?,37-,38-,39+/m1/s1. The van der Waals surface area contributed by atoms with E-state index in [1.54, 1.807) is 0 Å². The van der Waals surface area contributed by atoms with E-state index >= 15 is 0 Å². The first kappa shape index (κ1) is 41.8. The highest BCUT2D eigenvalue weighted by atomic mass is 16.8. The molecular weight excluding hydrogens is 692 g/mol. The molecule has 22 atom stereocenters. The lowest BCUT2D eigenvalue weighted by molar-refractivity contribution is -0.346. The molecule has 9 N–H and O–H groups in total. The lowest BCUT2D eigenvalue weighted by Gasteiger charge is -2.66. The van der Waals surface area contributed by atoms with Crippen LogP contribution in [0.4, 0.5) is 0 Å². The number of aliphatic hydroxyl groups excluding tert-OH is 8. The summed E-state index contributed by atoms with van der Waals surface area (Å²) in [4.78, 5) is 0. The third-order valence-corrected chi connectivity index (χ3v) is 15.0. The van der Waals surface area contributed by atoms with Gasteiger partial charge in [0.05, 0.1) is 49.8 Å². The van der Waals surface area contributed by atoms with Crippen molar-refractivity contribution in [1.82, 2.24) is 0 Å². The number of allylic oxidation sites excluding steroid dienone is 2. The number of rotatable bonds is 10. The maximum atomic E-state index is 12.6. The molecule has 306 valence electrons. The summed E-state index contributed by atoms with van der Waals surface area (Å²) >= 11 is 0. The van der Waals surface area contributed by atoms with Crippen molar-refractivity contribution in [1.29, 1.82) is 0 Å². The molecule has 6 rings (SSSR count). The van der Waals surface area contributed by atoms with Gasteiger partial charge in [0.15, 0.2) is 12.6 Å². The van der Waals surface area contributed by atoms with Gasteiger partial charge in [-0.25, -0.2) is 0 Å². The first-order valence-corrected chi connectivity index (χ1v) is 19.8. The molecule has 0 amide bonds. The van der Waals surface area contributed by atoms with Crippen LogP contribution in [0.2, 0.25) is 0 Å². The van der Waals surface area contributed by atoms with Gasteiger partial charge in [0.25, 0.3) is 0 Å². The summed E-state index contributed by atoms with van der Waals surface area (Å²) in [5.41, 5.74) is -2.23. The molecule has 0 aromatic rings. The topological polar surface area (TPSA) is 228 Å². The second-order valence-corrected chi connectivity index (χ2v) is 18.1. The third kappa shape index (κ3) is 7.30. The average molecular weight is 759 g/mol. The largest absolute Gasteiger partial charge is 0.393 e. The molecule has 14 nitrogen and oxygen atoms in total. The molecule has 0 bridgehead atoms. The zero-order valence-corrected chi connectivity index (χ0v) is 32.1. The van der Waals surface area contributed by atoms with Crippen LogP contribution in [0.15, 0.2) is 12.2 Å². The summed E-state index contributed by atoms with van der Waals surface area (Å²) in [6, 6.07) is 0. The Labute approximate surface area is 313 Å². The van der Waals surface area contributed by atoms with E-state index in [0.717, 1.165) is 12.8 Å². The van der Waals surface area contributed by atoms with Gasteiger partial charge in [-0.05, 0) is 72.5 Å². The van der Waals surface area contributed by atoms with Crippen LogP contribution in [0.1, 0.15) is 73.1 Å². The minimum absolute atomic E-state index is 0.00301. The highest BCUT2D eigenvalue weighted by Gasteiger charge is 2.71. The van der Waals surface area contributed by atoms with Crippen molar-refractivity contribution in [2.24, 2.45) is 52.3 Å². The van der Waals surface area contributed by atoms with Gasteiger partial charge < -0.3 is 69.6 Å². The van der Waals surface area contributed by atoms with Gasteiger partial charge in [-0.3, -0.25) is 0 Å². The Morgan fingerprint density at radius 2 is 1.36 bits per heavy atom. The van der Waals surface area contributed by atoms with Crippen molar-refractivity contribution in [2.75, 3.05) is 26.9 Å². The number of aliphatic hydroxyl groups is 9. The first-order valence-electron chi connectivity index (χ1n) is 19.8. The van der Waals surface area contributed by atoms with E-state index in [4.69, 9.17) is 23.7 Å². The van der Waals surface area contributed by atoms with Gasteiger partial charge in [-0.15, -0.1) is 0 Å². The highest BCUT2D eigenvalue weighted by molar-refractivity contribution is 5.21.